The zero-order chi connectivity index (χ0) is 20.8. The van der Waals surface area contributed by atoms with Crippen molar-refractivity contribution in [3.63, 3.8) is 0 Å². The molecule has 0 radical (unpaired) electrons. The summed E-state index contributed by atoms with van der Waals surface area (Å²) in [6.07, 6.45) is 3.18. The minimum Gasteiger partial charge on any atom is -0.478 e. The lowest BCUT2D eigenvalue weighted by Crippen LogP contribution is -2.37. The maximum atomic E-state index is 13.0. The number of nitrogens with zero attached hydrogens (tertiary/aromatic N) is 4. The number of hydrogen-bond donors (Lipinski definition) is 0. The van der Waals surface area contributed by atoms with Gasteiger partial charge in [-0.25, -0.2) is 4.98 Å². The number of aromatic nitrogens is 2. The van der Waals surface area contributed by atoms with Crippen LogP contribution >= 0.6 is 0 Å². The molecule has 0 spiro atoms. The Morgan fingerprint density at radius 2 is 1.79 bits per heavy atom. The van der Waals surface area contributed by atoms with Gasteiger partial charge < -0.3 is 14.5 Å². The van der Waals surface area contributed by atoms with Crippen molar-refractivity contribution in [1.29, 1.82) is 0 Å². The Hall–Kier alpha value is -2.47. The van der Waals surface area contributed by atoms with Crippen LogP contribution in [0.1, 0.15) is 31.0 Å². The fraction of sp³-hybridized carbons (Fsp3) is 0.522. The summed E-state index contributed by atoms with van der Waals surface area (Å²) in [7, 11) is 5.96. The van der Waals surface area contributed by atoms with Crippen LogP contribution in [-0.2, 0) is 17.6 Å². The molecule has 29 heavy (non-hydrogen) atoms. The molecule has 0 saturated carbocycles. The Bertz CT molecular complexity index is 823. The van der Waals surface area contributed by atoms with Crippen molar-refractivity contribution in [3.05, 3.63) is 41.6 Å². The van der Waals surface area contributed by atoms with Crippen molar-refractivity contribution < 1.29 is 9.53 Å². The second kappa shape index (κ2) is 9.83. The molecule has 0 aliphatic heterocycles. The van der Waals surface area contributed by atoms with Crippen molar-refractivity contribution in [2.45, 2.75) is 32.6 Å². The molecule has 0 saturated heterocycles. The van der Waals surface area contributed by atoms with Crippen molar-refractivity contribution in [2.24, 2.45) is 5.92 Å². The molecule has 1 aliphatic rings. The van der Waals surface area contributed by atoms with Crippen molar-refractivity contribution in [3.8, 4) is 17.3 Å². The van der Waals surface area contributed by atoms with Gasteiger partial charge in [0.25, 0.3) is 0 Å². The van der Waals surface area contributed by atoms with Crippen LogP contribution in [0.25, 0.3) is 11.4 Å². The number of amides is 1. The maximum absolute atomic E-state index is 13.0. The zero-order valence-electron chi connectivity index (χ0n) is 18.0. The highest BCUT2D eigenvalue weighted by atomic mass is 16.5. The normalized spacial score (nSPS) is 16.2. The van der Waals surface area contributed by atoms with Crippen LogP contribution in [0, 0.1) is 5.92 Å². The number of carbonyl (C=O) groups excluding carboxylic acids is 1. The lowest BCUT2D eigenvalue weighted by molar-refractivity contribution is -0.134. The van der Waals surface area contributed by atoms with Gasteiger partial charge in [-0.2, -0.15) is 4.98 Å². The minimum absolute atomic E-state index is 0.0195. The highest BCUT2D eigenvalue weighted by Crippen LogP contribution is 2.32. The predicted molar refractivity (Wildman–Crippen MR) is 115 cm³/mol. The molecule has 6 nitrogen and oxygen atoms in total. The summed E-state index contributed by atoms with van der Waals surface area (Å²) in [5, 5.41) is 0. The van der Waals surface area contributed by atoms with Gasteiger partial charge in [0, 0.05) is 37.2 Å². The number of hydrogen-bond acceptors (Lipinski definition) is 5. The smallest absolute Gasteiger partial charge is 0.225 e. The van der Waals surface area contributed by atoms with Crippen molar-refractivity contribution >= 4 is 5.91 Å². The van der Waals surface area contributed by atoms with Crippen LogP contribution in [0.4, 0.5) is 0 Å². The van der Waals surface area contributed by atoms with Gasteiger partial charge in [0.05, 0.1) is 12.3 Å². The van der Waals surface area contributed by atoms with Crippen LogP contribution in [0.2, 0.25) is 0 Å². The predicted octanol–water partition coefficient (Wildman–Crippen LogP) is 3.06. The molecule has 1 aromatic heterocycles. The van der Waals surface area contributed by atoms with Gasteiger partial charge in [-0.05, 0) is 46.7 Å². The third-order valence-electron chi connectivity index (χ3n) is 5.45. The van der Waals surface area contributed by atoms with Gasteiger partial charge in [-0.3, -0.25) is 4.79 Å². The maximum Gasteiger partial charge on any atom is 0.225 e. The first kappa shape index (κ1) is 21.2. The topological polar surface area (TPSA) is 58.6 Å². The van der Waals surface area contributed by atoms with E-state index in [2.05, 4.69) is 4.90 Å². The molecule has 0 N–H and O–H groups in total. The zero-order valence-corrected chi connectivity index (χ0v) is 18.0. The molecule has 156 valence electrons. The standard InChI is InChI=1S/C23H32N4O2/c1-5-29-22-19-13-11-18(23(28)27(4)16-15-26(2)3)12-14-20(19)24-21(25-22)17-9-7-6-8-10-17/h6-10,18H,5,11-16H2,1-4H3. The van der Waals surface area contributed by atoms with Crippen LogP contribution in [0.3, 0.4) is 0 Å². The van der Waals surface area contributed by atoms with Crippen LogP contribution in [0.5, 0.6) is 5.88 Å². The third-order valence-corrected chi connectivity index (χ3v) is 5.45. The Labute approximate surface area is 173 Å². The van der Waals surface area contributed by atoms with E-state index in [1.807, 2.05) is 63.3 Å². The van der Waals surface area contributed by atoms with E-state index in [4.69, 9.17) is 14.7 Å². The molecule has 2 aromatic rings. The quantitative estimate of drug-likeness (QED) is 0.673. The van der Waals surface area contributed by atoms with Gasteiger partial charge >= 0.3 is 0 Å². The summed E-state index contributed by atoms with van der Waals surface area (Å²) in [6.45, 7) is 4.15. The van der Waals surface area contributed by atoms with E-state index < -0.39 is 0 Å². The van der Waals surface area contributed by atoms with E-state index in [9.17, 15) is 4.79 Å². The average molecular weight is 397 g/mol. The molecular formula is C23H32N4O2. The molecular weight excluding hydrogens is 364 g/mol. The molecule has 1 aromatic carbocycles. The molecule has 1 aliphatic carbocycles. The van der Waals surface area contributed by atoms with E-state index >= 15 is 0 Å². The van der Waals surface area contributed by atoms with E-state index in [0.29, 0.717) is 18.3 Å². The minimum atomic E-state index is 0.0195. The number of ether oxygens (including phenoxy) is 1. The average Bonchev–Trinajstić information content (AvgIpc) is 2.95. The number of carbonyl (C=O) groups is 1. The third kappa shape index (κ3) is 5.32. The number of fused-ring (bicyclic) bond motifs is 1. The lowest BCUT2D eigenvalue weighted by Gasteiger charge is -2.24. The summed E-state index contributed by atoms with van der Waals surface area (Å²) >= 11 is 0. The number of aryl methyl sites for hydroxylation is 1. The molecule has 0 bridgehead atoms. The van der Waals surface area contributed by atoms with Gasteiger partial charge in [0.1, 0.15) is 0 Å². The molecule has 1 atom stereocenters. The van der Waals surface area contributed by atoms with Crippen molar-refractivity contribution in [2.75, 3.05) is 40.8 Å². The molecule has 0 fully saturated rings. The first-order valence-corrected chi connectivity index (χ1v) is 10.5. The van der Waals surface area contributed by atoms with E-state index in [1.54, 1.807) is 0 Å². The first-order chi connectivity index (χ1) is 14.0. The summed E-state index contributed by atoms with van der Waals surface area (Å²) < 4.78 is 5.88. The summed E-state index contributed by atoms with van der Waals surface area (Å²) in [5.41, 5.74) is 3.07. The second-order valence-corrected chi connectivity index (χ2v) is 7.91. The van der Waals surface area contributed by atoms with Crippen LogP contribution in [-0.4, -0.2) is 66.5 Å². The number of rotatable bonds is 7. The fourth-order valence-electron chi connectivity index (χ4n) is 3.73. The highest BCUT2D eigenvalue weighted by molar-refractivity contribution is 5.78. The van der Waals surface area contributed by atoms with Crippen molar-refractivity contribution in [1.82, 2.24) is 19.8 Å². The van der Waals surface area contributed by atoms with Gasteiger partial charge in [-0.15, -0.1) is 0 Å². The second-order valence-electron chi connectivity index (χ2n) is 7.91. The van der Waals surface area contributed by atoms with Gasteiger partial charge in [-0.1, -0.05) is 30.3 Å². The number of likely N-dealkylation sites (N-methyl/N-ethyl adjacent to an activating group) is 2. The Balaban J connectivity index is 1.80. The Morgan fingerprint density at radius 1 is 1.07 bits per heavy atom. The highest BCUT2D eigenvalue weighted by Gasteiger charge is 2.28. The van der Waals surface area contributed by atoms with E-state index in [0.717, 1.165) is 55.6 Å². The largest absolute Gasteiger partial charge is 0.478 e. The summed E-state index contributed by atoms with van der Waals surface area (Å²) in [6, 6.07) is 9.99. The van der Waals surface area contributed by atoms with E-state index in [1.165, 1.54) is 0 Å². The summed E-state index contributed by atoms with van der Waals surface area (Å²) in [4.78, 5) is 26.5. The Kier molecular flexibility index (Phi) is 7.20. The molecule has 6 heteroatoms. The van der Waals surface area contributed by atoms with Crippen LogP contribution < -0.4 is 4.74 Å². The lowest BCUT2D eigenvalue weighted by atomic mass is 9.98. The first-order valence-electron chi connectivity index (χ1n) is 10.5. The van der Waals surface area contributed by atoms with E-state index in [-0.39, 0.29) is 11.8 Å². The molecule has 1 unspecified atom stereocenters. The summed E-state index contributed by atoms with van der Waals surface area (Å²) in [5.74, 6) is 1.62. The number of benzene rings is 1. The molecule has 1 heterocycles. The van der Waals surface area contributed by atoms with Crippen LogP contribution in [0.15, 0.2) is 30.3 Å². The SMILES string of the molecule is CCOc1nc(-c2ccccc2)nc2c1CCC(C(=O)N(C)CCN(C)C)CC2. The fourth-order valence-corrected chi connectivity index (χ4v) is 3.73. The van der Waals surface area contributed by atoms with Gasteiger partial charge in [0.15, 0.2) is 5.82 Å². The Morgan fingerprint density at radius 3 is 2.48 bits per heavy atom. The van der Waals surface area contributed by atoms with Gasteiger partial charge in [0.2, 0.25) is 11.8 Å². The molecule has 1 amide bonds. The monoisotopic (exact) mass is 396 g/mol. The molecule has 3 rings (SSSR count).